The van der Waals surface area contributed by atoms with E-state index in [9.17, 15) is 5.11 Å². The third kappa shape index (κ3) is 4.16. The summed E-state index contributed by atoms with van der Waals surface area (Å²) in [4.78, 5) is 3.29. The van der Waals surface area contributed by atoms with Crippen molar-refractivity contribution in [2.24, 2.45) is 5.92 Å². The van der Waals surface area contributed by atoms with E-state index in [0.717, 1.165) is 40.0 Å². The van der Waals surface area contributed by atoms with Crippen LogP contribution in [0.4, 0.5) is 0 Å². The van der Waals surface area contributed by atoms with Crippen molar-refractivity contribution in [1.29, 1.82) is 0 Å². The molecule has 0 radical (unpaired) electrons. The first kappa shape index (κ1) is 19.1. The molecule has 3 rings (SSSR count). The first-order valence-corrected chi connectivity index (χ1v) is 9.88. The number of thioether (sulfide) groups is 1. The van der Waals surface area contributed by atoms with Crippen LogP contribution < -0.4 is 9.47 Å². The molecule has 1 N–H and O–H groups in total. The maximum absolute atomic E-state index is 10.5. The SMILES string of the molecule is COc1cc(SC)c(OC)cc1CN1C[C@@H](Cc2cc(C)no2)[C@H](O)C1. The largest absolute Gasteiger partial charge is 0.496 e. The van der Waals surface area contributed by atoms with E-state index in [1.54, 1.807) is 26.0 Å². The van der Waals surface area contributed by atoms with E-state index in [2.05, 4.69) is 10.1 Å². The normalized spacial score (nSPS) is 20.5. The van der Waals surface area contributed by atoms with E-state index in [0.29, 0.717) is 19.5 Å². The Labute approximate surface area is 158 Å². The molecule has 1 fully saturated rings. The maximum Gasteiger partial charge on any atom is 0.137 e. The number of rotatable bonds is 7. The minimum Gasteiger partial charge on any atom is -0.496 e. The molecule has 142 valence electrons. The second kappa shape index (κ2) is 8.33. The minimum atomic E-state index is -0.376. The van der Waals surface area contributed by atoms with Crippen LogP contribution in [0.2, 0.25) is 0 Å². The molecule has 26 heavy (non-hydrogen) atoms. The Hall–Kier alpha value is -1.70. The van der Waals surface area contributed by atoms with E-state index in [1.165, 1.54) is 0 Å². The zero-order valence-electron chi connectivity index (χ0n) is 15.7. The molecular formula is C19H26N2O4S. The highest BCUT2D eigenvalue weighted by Crippen LogP contribution is 2.36. The summed E-state index contributed by atoms with van der Waals surface area (Å²) in [5.74, 6) is 2.67. The van der Waals surface area contributed by atoms with Crippen molar-refractivity contribution in [2.75, 3.05) is 33.6 Å². The summed E-state index contributed by atoms with van der Waals surface area (Å²) in [6.45, 7) is 4.05. The molecule has 0 unspecified atom stereocenters. The van der Waals surface area contributed by atoms with Gasteiger partial charge in [0.25, 0.3) is 0 Å². The third-order valence-electron chi connectivity index (χ3n) is 4.80. The first-order valence-electron chi connectivity index (χ1n) is 8.65. The van der Waals surface area contributed by atoms with Crippen LogP contribution in [0.3, 0.4) is 0 Å². The van der Waals surface area contributed by atoms with Gasteiger partial charge in [-0.15, -0.1) is 11.8 Å². The van der Waals surface area contributed by atoms with Crippen LogP contribution in [0.5, 0.6) is 11.5 Å². The van der Waals surface area contributed by atoms with E-state index in [4.69, 9.17) is 14.0 Å². The van der Waals surface area contributed by atoms with Gasteiger partial charge in [-0.05, 0) is 25.3 Å². The number of hydrogen-bond donors (Lipinski definition) is 1. The molecule has 1 aliphatic rings. The van der Waals surface area contributed by atoms with Crippen LogP contribution in [0.15, 0.2) is 27.6 Å². The number of aromatic nitrogens is 1. The molecule has 2 aromatic rings. The minimum absolute atomic E-state index is 0.140. The van der Waals surface area contributed by atoms with Gasteiger partial charge in [-0.2, -0.15) is 0 Å². The van der Waals surface area contributed by atoms with Crippen molar-refractivity contribution in [2.45, 2.75) is 30.9 Å². The smallest absolute Gasteiger partial charge is 0.137 e. The van der Waals surface area contributed by atoms with Crippen LogP contribution in [0.25, 0.3) is 0 Å². The summed E-state index contributed by atoms with van der Waals surface area (Å²) in [5.41, 5.74) is 1.93. The molecule has 2 atom stereocenters. The summed E-state index contributed by atoms with van der Waals surface area (Å²) >= 11 is 1.63. The fourth-order valence-corrected chi connectivity index (χ4v) is 4.07. The van der Waals surface area contributed by atoms with Gasteiger partial charge in [-0.25, -0.2) is 0 Å². The Kier molecular flexibility index (Phi) is 6.11. The summed E-state index contributed by atoms with van der Waals surface area (Å²) in [6.07, 6.45) is 2.34. The molecule has 6 nitrogen and oxygen atoms in total. The second-order valence-electron chi connectivity index (χ2n) is 6.68. The van der Waals surface area contributed by atoms with E-state index >= 15 is 0 Å². The second-order valence-corrected chi connectivity index (χ2v) is 7.53. The molecule has 0 saturated carbocycles. The van der Waals surface area contributed by atoms with Crippen LogP contribution in [-0.2, 0) is 13.0 Å². The average Bonchev–Trinajstić information content (AvgIpc) is 3.20. The summed E-state index contributed by atoms with van der Waals surface area (Å²) in [7, 11) is 3.36. The number of aliphatic hydroxyl groups is 1. The number of aliphatic hydroxyl groups excluding tert-OH is 1. The lowest BCUT2D eigenvalue weighted by Gasteiger charge is -2.19. The fraction of sp³-hybridized carbons (Fsp3) is 0.526. The summed E-state index contributed by atoms with van der Waals surface area (Å²) in [6, 6.07) is 5.98. The van der Waals surface area contributed by atoms with Crippen LogP contribution in [0.1, 0.15) is 17.0 Å². The van der Waals surface area contributed by atoms with Gasteiger partial charge in [0, 0.05) is 43.6 Å². The summed E-state index contributed by atoms with van der Waals surface area (Å²) < 4.78 is 16.4. The number of aryl methyl sites for hydroxylation is 1. The quantitative estimate of drug-likeness (QED) is 0.743. The zero-order valence-corrected chi connectivity index (χ0v) is 16.5. The van der Waals surface area contributed by atoms with Crippen molar-refractivity contribution in [3.05, 3.63) is 35.2 Å². The Morgan fingerprint density at radius 1 is 1.23 bits per heavy atom. The van der Waals surface area contributed by atoms with Gasteiger partial charge in [0.1, 0.15) is 17.3 Å². The predicted molar refractivity (Wildman–Crippen MR) is 101 cm³/mol. The molecule has 0 spiro atoms. The molecule has 1 aromatic heterocycles. The molecule has 0 aliphatic carbocycles. The lowest BCUT2D eigenvalue weighted by Crippen LogP contribution is -2.21. The highest BCUT2D eigenvalue weighted by atomic mass is 32.2. The number of hydrogen-bond acceptors (Lipinski definition) is 7. The van der Waals surface area contributed by atoms with Gasteiger partial charge >= 0.3 is 0 Å². The van der Waals surface area contributed by atoms with Crippen LogP contribution in [-0.4, -0.2) is 54.8 Å². The third-order valence-corrected chi connectivity index (χ3v) is 5.56. The van der Waals surface area contributed by atoms with Gasteiger partial charge in [0.05, 0.1) is 30.9 Å². The van der Waals surface area contributed by atoms with E-state index in [1.807, 2.05) is 31.4 Å². The van der Waals surface area contributed by atoms with Crippen molar-refractivity contribution < 1.29 is 19.1 Å². The Bertz CT molecular complexity index is 749. The van der Waals surface area contributed by atoms with E-state index in [-0.39, 0.29) is 12.0 Å². The zero-order chi connectivity index (χ0) is 18.7. The van der Waals surface area contributed by atoms with Gasteiger partial charge in [-0.1, -0.05) is 5.16 Å². The van der Waals surface area contributed by atoms with Crippen molar-refractivity contribution in [3.8, 4) is 11.5 Å². The molecule has 0 bridgehead atoms. The Balaban J connectivity index is 1.71. The molecule has 7 heteroatoms. The first-order chi connectivity index (χ1) is 12.5. The van der Waals surface area contributed by atoms with Crippen LogP contribution in [0, 0.1) is 12.8 Å². The predicted octanol–water partition coefficient (Wildman–Crippen LogP) is 2.76. The van der Waals surface area contributed by atoms with Gasteiger partial charge < -0.3 is 19.1 Å². The number of methoxy groups -OCH3 is 2. The molecule has 1 aromatic carbocycles. The number of β-amino-alcohol motifs (C(OH)–C–C–N with tert-alkyl or cyclic N) is 1. The molecule has 0 amide bonds. The highest BCUT2D eigenvalue weighted by Gasteiger charge is 2.32. The lowest BCUT2D eigenvalue weighted by molar-refractivity contribution is 0.137. The van der Waals surface area contributed by atoms with Crippen molar-refractivity contribution in [3.63, 3.8) is 0 Å². The standard InChI is InChI=1S/C19H26N2O4S/c1-12-5-15(25-20-12)6-13-9-21(11-16(13)22)10-14-7-18(24-3)19(26-4)8-17(14)23-2/h5,7-8,13,16,22H,6,9-11H2,1-4H3/t13-,16-/m1/s1. The van der Waals surface area contributed by atoms with Crippen molar-refractivity contribution >= 4 is 11.8 Å². The number of nitrogens with zero attached hydrogens (tertiary/aromatic N) is 2. The lowest BCUT2D eigenvalue weighted by atomic mass is 10.0. The monoisotopic (exact) mass is 378 g/mol. The maximum atomic E-state index is 10.5. The number of ether oxygens (including phenoxy) is 2. The fourth-order valence-electron chi connectivity index (χ4n) is 3.50. The number of benzene rings is 1. The highest BCUT2D eigenvalue weighted by molar-refractivity contribution is 7.98. The Morgan fingerprint density at radius 2 is 2.00 bits per heavy atom. The van der Waals surface area contributed by atoms with E-state index < -0.39 is 0 Å². The Morgan fingerprint density at radius 3 is 2.62 bits per heavy atom. The molecular weight excluding hydrogens is 352 g/mol. The molecule has 1 saturated heterocycles. The molecule has 1 aliphatic heterocycles. The van der Waals surface area contributed by atoms with Gasteiger partial charge in [-0.3, -0.25) is 4.90 Å². The topological polar surface area (TPSA) is 68.0 Å². The molecule has 2 heterocycles. The van der Waals surface area contributed by atoms with Crippen molar-refractivity contribution in [1.82, 2.24) is 10.1 Å². The van der Waals surface area contributed by atoms with Gasteiger partial charge in [0.2, 0.25) is 0 Å². The van der Waals surface area contributed by atoms with Gasteiger partial charge in [0.15, 0.2) is 0 Å². The van der Waals surface area contributed by atoms with Crippen LogP contribution >= 0.6 is 11.8 Å². The average molecular weight is 378 g/mol. The summed E-state index contributed by atoms with van der Waals surface area (Å²) in [5, 5.41) is 14.4. The number of likely N-dealkylation sites (tertiary alicyclic amines) is 1.